The normalized spacial score (nSPS) is 19.2. The summed E-state index contributed by atoms with van der Waals surface area (Å²) in [6, 6.07) is 10.3. The van der Waals surface area contributed by atoms with Gasteiger partial charge in [0.1, 0.15) is 0 Å². The summed E-state index contributed by atoms with van der Waals surface area (Å²) in [5.41, 5.74) is 6.88. The standard InChI is InChI=1S/C13H20N4/c1-17-9-7-12(8-10-17)16-13(14)15-11-5-3-2-4-6-11/h2-6,12H,7-10H2,1H3,(H3,14,15,16). The Morgan fingerprint density at radius 1 is 1.29 bits per heavy atom. The molecule has 1 aromatic rings. The van der Waals surface area contributed by atoms with Crippen LogP contribution < -0.4 is 11.1 Å². The van der Waals surface area contributed by atoms with Gasteiger partial charge in [0.25, 0.3) is 0 Å². The van der Waals surface area contributed by atoms with Crippen molar-refractivity contribution in [3.8, 4) is 0 Å². The number of guanidine groups is 1. The molecule has 92 valence electrons. The fourth-order valence-corrected chi connectivity index (χ4v) is 2.02. The summed E-state index contributed by atoms with van der Waals surface area (Å²) in [4.78, 5) is 6.85. The van der Waals surface area contributed by atoms with Gasteiger partial charge in [-0.3, -0.25) is 0 Å². The third-order valence-electron chi connectivity index (χ3n) is 3.06. The molecule has 3 N–H and O–H groups in total. The van der Waals surface area contributed by atoms with Gasteiger partial charge in [0.2, 0.25) is 0 Å². The molecule has 1 aliphatic rings. The van der Waals surface area contributed by atoms with Crippen LogP contribution >= 0.6 is 0 Å². The van der Waals surface area contributed by atoms with Crippen molar-refractivity contribution in [3.63, 3.8) is 0 Å². The average molecular weight is 232 g/mol. The minimum absolute atomic E-state index is 0.363. The van der Waals surface area contributed by atoms with E-state index < -0.39 is 0 Å². The quantitative estimate of drug-likeness (QED) is 0.600. The topological polar surface area (TPSA) is 53.6 Å². The Morgan fingerprint density at radius 3 is 2.59 bits per heavy atom. The van der Waals surface area contributed by atoms with Gasteiger partial charge >= 0.3 is 0 Å². The summed E-state index contributed by atoms with van der Waals surface area (Å²) < 4.78 is 0. The van der Waals surface area contributed by atoms with Crippen molar-refractivity contribution < 1.29 is 0 Å². The van der Waals surface area contributed by atoms with E-state index in [-0.39, 0.29) is 0 Å². The van der Waals surface area contributed by atoms with Gasteiger partial charge in [-0.2, -0.15) is 0 Å². The Balaban J connectivity index is 1.89. The largest absolute Gasteiger partial charge is 0.370 e. The van der Waals surface area contributed by atoms with Crippen molar-refractivity contribution in [2.45, 2.75) is 18.9 Å². The Bertz CT molecular complexity index is 366. The third kappa shape index (κ3) is 3.75. The number of anilines is 1. The van der Waals surface area contributed by atoms with Crippen molar-refractivity contribution in [2.75, 3.05) is 25.5 Å². The summed E-state index contributed by atoms with van der Waals surface area (Å²) in [6.45, 7) is 2.21. The molecular formula is C13H20N4. The molecule has 1 fully saturated rings. The molecule has 0 unspecified atom stereocenters. The van der Waals surface area contributed by atoms with Crippen molar-refractivity contribution in [1.29, 1.82) is 0 Å². The predicted molar refractivity (Wildman–Crippen MR) is 72.2 cm³/mol. The minimum Gasteiger partial charge on any atom is -0.370 e. The predicted octanol–water partition coefficient (Wildman–Crippen LogP) is 1.51. The lowest BCUT2D eigenvalue weighted by atomic mass is 10.1. The van der Waals surface area contributed by atoms with E-state index in [1.165, 1.54) is 0 Å². The van der Waals surface area contributed by atoms with E-state index in [1.54, 1.807) is 0 Å². The van der Waals surface area contributed by atoms with E-state index in [0.29, 0.717) is 12.0 Å². The van der Waals surface area contributed by atoms with Crippen LogP contribution in [-0.4, -0.2) is 37.0 Å². The molecule has 0 radical (unpaired) electrons. The van der Waals surface area contributed by atoms with Gasteiger partial charge in [-0.05, 0) is 45.1 Å². The van der Waals surface area contributed by atoms with Crippen LogP contribution in [0.15, 0.2) is 35.3 Å². The maximum absolute atomic E-state index is 5.90. The van der Waals surface area contributed by atoms with Crippen LogP contribution in [0.5, 0.6) is 0 Å². The third-order valence-corrected chi connectivity index (χ3v) is 3.06. The first kappa shape index (κ1) is 11.9. The van der Waals surface area contributed by atoms with Crippen molar-refractivity contribution in [3.05, 3.63) is 30.3 Å². The number of piperidine rings is 1. The molecule has 4 heteroatoms. The molecule has 0 aromatic heterocycles. The average Bonchev–Trinajstić information content (AvgIpc) is 2.33. The summed E-state index contributed by atoms with van der Waals surface area (Å²) in [5, 5.41) is 3.11. The number of nitrogens with one attached hydrogen (secondary N) is 1. The van der Waals surface area contributed by atoms with E-state index in [0.717, 1.165) is 31.6 Å². The Labute approximate surface area is 103 Å². The zero-order chi connectivity index (χ0) is 12.1. The lowest BCUT2D eigenvalue weighted by Gasteiger charge is -2.26. The number of hydrogen-bond acceptors (Lipinski definition) is 2. The van der Waals surface area contributed by atoms with Crippen molar-refractivity contribution in [2.24, 2.45) is 10.7 Å². The minimum atomic E-state index is 0.363. The molecule has 0 aliphatic carbocycles. The fourth-order valence-electron chi connectivity index (χ4n) is 2.02. The molecule has 0 saturated carbocycles. The molecule has 1 heterocycles. The monoisotopic (exact) mass is 232 g/mol. The number of nitrogens with two attached hydrogens (primary N) is 1. The molecule has 2 rings (SSSR count). The number of aliphatic imine (C=N–C) groups is 1. The van der Waals surface area contributed by atoms with Crippen LogP contribution in [0.2, 0.25) is 0 Å². The molecule has 1 aliphatic heterocycles. The number of benzene rings is 1. The zero-order valence-corrected chi connectivity index (χ0v) is 10.3. The molecule has 0 bridgehead atoms. The Kier molecular flexibility index (Phi) is 3.98. The highest BCUT2D eigenvalue weighted by molar-refractivity contribution is 5.92. The second-order valence-electron chi connectivity index (χ2n) is 4.54. The highest BCUT2D eigenvalue weighted by Gasteiger charge is 2.15. The van der Waals surface area contributed by atoms with Crippen LogP contribution in [0.1, 0.15) is 12.8 Å². The molecule has 1 aromatic carbocycles. The molecule has 1 saturated heterocycles. The zero-order valence-electron chi connectivity index (χ0n) is 10.3. The van der Waals surface area contributed by atoms with Crippen LogP contribution in [0, 0.1) is 0 Å². The van der Waals surface area contributed by atoms with Gasteiger partial charge < -0.3 is 16.0 Å². The first-order valence-electron chi connectivity index (χ1n) is 6.08. The maximum atomic E-state index is 5.90. The van der Waals surface area contributed by atoms with Crippen LogP contribution in [0.3, 0.4) is 0 Å². The van der Waals surface area contributed by atoms with Crippen molar-refractivity contribution >= 4 is 11.6 Å². The van der Waals surface area contributed by atoms with Crippen LogP contribution in [0.25, 0.3) is 0 Å². The van der Waals surface area contributed by atoms with Gasteiger partial charge in [0.15, 0.2) is 5.96 Å². The first-order chi connectivity index (χ1) is 8.24. The van der Waals surface area contributed by atoms with Gasteiger partial charge in [0, 0.05) is 5.69 Å². The van der Waals surface area contributed by atoms with Crippen LogP contribution in [-0.2, 0) is 0 Å². The molecular weight excluding hydrogens is 212 g/mol. The summed E-state index contributed by atoms with van der Waals surface area (Å²) in [5.74, 6) is 0.519. The molecule has 4 nitrogen and oxygen atoms in total. The van der Waals surface area contributed by atoms with E-state index in [2.05, 4.69) is 22.3 Å². The highest BCUT2D eigenvalue weighted by atomic mass is 15.1. The number of hydrogen-bond donors (Lipinski definition) is 2. The molecule has 0 spiro atoms. The second kappa shape index (κ2) is 5.68. The maximum Gasteiger partial charge on any atom is 0.193 e. The lowest BCUT2D eigenvalue weighted by Crippen LogP contribution is -2.34. The van der Waals surface area contributed by atoms with Gasteiger partial charge in [0.05, 0.1) is 6.04 Å². The smallest absolute Gasteiger partial charge is 0.193 e. The summed E-state index contributed by atoms with van der Waals surface area (Å²) in [7, 11) is 2.14. The summed E-state index contributed by atoms with van der Waals surface area (Å²) >= 11 is 0. The van der Waals surface area contributed by atoms with E-state index in [9.17, 15) is 0 Å². The molecule has 0 amide bonds. The first-order valence-corrected chi connectivity index (χ1v) is 6.08. The Hall–Kier alpha value is -1.55. The highest BCUT2D eigenvalue weighted by Crippen LogP contribution is 2.12. The second-order valence-corrected chi connectivity index (χ2v) is 4.54. The number of rotatable bonds is 2. The van der Waals surface area contributed by atoms with E-state index >= 15 is 0 Å². The van der Waals surface area contributed by atoms with Crippen molar-refractivity contribution in [1.82, 2.24) is 4.90 Å². The lowest BCUT2D eigenvalue weighted by molar-refractivity contribution is 0.257. The van der Waals surface area contributed by atoms with E-state index in [1.807, 2.05) is 30.3 Å². The SMILES string of the molecule is CN1CCC(N=C(N)Nc2ccccc2)CC1. The molecule has 0 atom stereocenters. The number of nitrogens with zero attached hydrogens (tertiary/aromatic N) is 2. The van der Waals surface area contributed by atoms with Gasteiger partial charge in [-0.15, -0.1) is 0 Å². The van der Waals surface area contributed by atoms with Gasteiger partial charge in [-0.1, -0.05) is 18.2 Å². The number of likely N-dealkylation sites (tertiary alicyclic amines) is 1. The van der Waals surface area contributed by atoms with Crippen LogP contribution in [0.4, 0.5) is 5.69 Å². The Morgan fingerprint density at radius 2 is 1.94 bits per heavy atom. The fraction of sp³-hybridized carbons (Fsp3) is 0.462. The van der Waals surface area contributed by atoms with E-state index in [4.69, 9.17) is 5.73 Å². The molecule has 17 heavy (non-hydrogen) atoms. The summed E-state index contributed by atoms with van der Waals surface area (Å²) in [6.07, 6.45) is 2.18. The van der Waals surface area contributed by atoms with Gasteiger partial charge in [-0.25, -0.2) is 4.99 Å². The number of para-hydroxylation sites is 1.